The number of nitro benzene ring substituents is 1. The molecule has 0 unspecified atom stereocenters. The third-order valence-corrected chi connectivity index (χ3v) is 2.73. The van der Waals surface area contributed by atoms with Crippen molar-refractivity contribution in [3.8, 4) is 5.75 Å². The zero-order valence-corrected chi connectivity index (χ0v) is 12.0. The quantitative estimate of drug-likeness (QED) is 0.449. The fourth-order valence-corrected chi connectivity index (χ4v) is 1.62. The van der Waals surface area contributed by atoms with Gasteiger partial charge in [0.05, 0.1) is 4.92 Å². The lowest BCUT2D eigenvalue weighted by Gasteiger charge is -2.08. The van der Waals surface area contributed by atoms with Gasteiger partial charge in [0.1, 0.15) is 0 Å². The number of nitrogens with zero attached hydrogens (tertiary/aromatic N) is 1. The molecule has 0 spiro atoms. The Kier molecular flexibility index (Phi) is 6.32. The number of amides is 1. The van der Waals surface area contributed by atoms with E-state index in [2.05, 4.69) is 5.32 Å². The maximum atomic E-state index is 11.6. The second-order valence-corrected chi connectivity index (χ2v) is 4.35. The molecule has 1 rings (SSSR count). The van der Waals surface area contributed by atoms with Crippen LogP contribution in [0.15, 0.2) is 18.2 Å². The predicted molar refractivity (Wildman–Crippen MR) is 76.5 cm³/mol. The van der Waals surface area contributed by atoms with Gasteiger partial charge in [-0.2, -0.15) is 0 Å². The minimum Gasteiger partial charge on any atom is -0.477 e. The average molecular weight is 294 g/mol. The number of hydrogen-bond donors (Lipinski definition) is 1. The normalized spacial score (nSPS) is 10.0. The van der Waals surface area contributed by atoms with Crippen LogP contribution in [0.5, 0.6) is 5.75 Å². The first-order chi connectivity index (χ1) is 9.99. The van der Waals surface area contributed by atoms with E-state index in [-0.39, 0.29) is 41.7 Å². The summed E-state index contributed by atoms with van der Waals surface area (Å²) in [5.41, 5.74) is -0.0652. The third-order valence-electron chi connectivity index (χ3n) is 2.73. The van der Waals surface area contributed by atoms with Crippen LogP contribution in [-0.4, -0.2) is 29.8 Å². The molecule has 0 saturated heterocycles. The highest BCUT2D eigenvalue weighted by atomic mass is 16.6. The van der Waals surface area contributed by atoms with Crippen LogP contribution in [0.25, 0.3) is 0 Å². The lowest BCUT2D eigenvalue weighted by atomic mass is 10.1. The van der Waals surface area contributed by atoms with E-state index < -0.39 is 4.92 Å². The molecule has 7 heteroatoms. The molecule has 0 aliphatic heterocycles. The van der Waals surface area contributed by atoms with Crippen molar-refractivity contribution in [1.29, 1.82) is 0 Å². The van der Waals surface area contributed by atoms with Crippen molar-refractivity contribution < 1.29 is 19.2 Å². The highest BCUT2D eigenvalue weighted by molar-refractivity contribution is 5.96. The Morgan fingerprint density at radius 2 is 2.05 bits per heavy atom. The fourth-order valence-electron chi connectivity index (χ4n) is 1.62. The van der Waals surface area contributed by atoms with Gasteiger partial charge in [-0.05, 0) is 18.6 Å². The highest BCUT2D eigenvalue weighted by Gasteiger charge is 2.19. The second kappa shape index (κ2) is 7.98. The van der Waals surface area contributed by atoms with Crippen molar-refractivity contribution in [2.75, 3.05) is 13.2 Å². The topological polar surface area (TPSA) is 98.5 Å². The van der Waals surface area contributed by atoms with Crippen molar-refractivity contribution >= 4 is 17.4 Å². The Labute approximate surface area is 122 Å². The van der Waals surface area contributed by atoms with E-state index >= 15 is 0 Å². The molecule has 1 N–H and O–H groups in total. The summed E-state index contributed by atoms with van der Waals surface area (Å²) in [4.78, 5) is 33.4. The Morgan fingerprint density at radius 1 is 1.33 bits per heavy atom. The zero-order chi connectivity index (χ0) is 15.8. The molecular formula is C14H18N2O5. The molecule has 114 valence electrons. The van der Waals surface area contributed by atoms with E-state index in [1.54, 1.807) is 6.92 Å². The Bertz CT molecular complexity index is 542. The molecule has 21 heavy (non-hydrogen) atoms. The molecule has 0 aliphatic carbocycles. The van der Waals surface area contributed by atoms with Gasteiger partial charge in [0, 0.05) is 24.6 Å². The Morgan fingerprint density at radius 3 is 2.62 bits per heavy atom. The van der Waals surface area contributed by atoms with E-state index in [0.29, 0.717) is 6.54 Å². The summed E-state index contributed by atoms with van der Waals surface area (Å²) in [7, 11) is 0. The van der Waals surface area contributed by atoms with Crippen LogP contribution in [0.3, 0.4) is 0 Å². The number of nitrogens with one attached hydrogen (secondary N) is 1. The van der Waals surface area contributed by atoms with Gasteiger partial charge in [0.15, 0.2) is 18.1 Å². The number of carbonyl (C=O) groups is 2. The summed E-state index contributed by atoms with van der Waals surface area (Å²) in [6.45, 7) is 3.81. The van der Waals surface area contributed by atoms with Crippen LogP contribution in [0.4, 0.5) is 5.69 Å². The SMILES string of the molecule is CCCNC(=O)COc1ccc(C(=O)CC)cc1[N+](=O)[O-]. The lowest BCUT2D eigenvalue weighted by Crippen LogP contribution is -2.29. The molecule has 0 aliphatic rings. The molecular weight excluding hydrogens is 276 g/mol. The largest absolute Gasteiger partial charge is 0.477 e. The van der Waals surface area contributed by atoms with Gasteiger partial charge in [-0.15, -0.1) is 0 Å². The fraction of sp³-hybridized carbons (Fsp3) is 0.429. The van der Waals surface area contributed by atoms with Gasteiger partial charge < -0.3 is 10.1 Å². The zero-order valence-electron chi connectivity index (χ0n) is 12.0. The summed E-state index contributed by atoms with van der Waals surface area (Å²) < 4.78 is 5.16. The van der Waals surface area contributed by atoms with Crippen molar-refractivity contribution in [1.82, 2.24) is 5.32 Å². The predicted octanol–water partition coefficient (Wildman–Crippen LogP) is 2.09. The third kappa shape index (κ3) is 4.87. The highest BCUT2D eigenvalue weighted by Crippen LogP contribution is 2.28. The maximum Gasteiger partial charge on any atom is 0.311 e. The molecule has 0 radical (unpaired) electrons. The monoisotopic (exact) mass is 294 g/mol. The number of Topliss-reactive ketones (excluding diaryl/α,β-unsaturated/α-hetero) is 1. The van der Waals surface area contributed by atoms with Crippen molar-refractivity contribution in [3.63, 3.8) is 0 Å². The van der Waals surface area contributed by atoms with Crippen molar-refractivity contribution in [3.05, 3.63) is 33.9 Å². The van der Waals surface area contributed by atoms with Crippen LogP contribution in [-0.2, 0) is 4.79 Å². The first-order valence-electron chi connectivity index (χ1n) is 6.70. The van der Waals surface area contributed by atoms with Crippen LogP contribution in [0, 0.1) is 10.1 Å². The number of benzene rings is 1. The van der Waals surface area contributed by atoms with E-state index in [1.165, 1.54) is 18.2 Å². The summed E-state index contributed by atoms with van der Waals surface area (Å²) in [5, 5.41) is 13.6. The molecule has 1 aromatic carbocycles. The van der Waals surface area contributed by atoms with Gasteiger partial charge in [0.2, 0.25) is 0 Å². The van der Waals surface area contributed by atoms with Crippen LogP contribution in [0.2, 0.25) is 0 Å². The minimum atomic E-state index is -0.633. The molecule has 0 aromatic heterocycles. The smallest absolute Gasteiger partial charge is 0.311 e. The summed E-state index contributed by atoms with van der Waals surface area (Å²) in [6, 6.07) is 3.97. The molecule has 0 bridgehead atoms. The van der Waals surface area contributed by atoms with Crippen molar-refractivity contribution in [2.24, 2.45) is 0 Å². The van der Waals surface area contributed by atoms with Gasteiger partial charge in [-0.25, -0.2) is 0 Å². The maximum absolute atomic E-state index is 11.6. The molecule has 1 amide bonds. The second-order valence-electron chi connectivity index (χ2n) is 4.35. The van der Waals surface area contributed by atoms with E-state index in [9.17, 15) is 19.7 Å². The first-order valence-corrected chi connectivity index (χ1v) is 6.70. The average Bonchev–Trinajstić information content (AvgIpc) is 2.49. The summed E-state index contributed by atoms with van der Waals surface area (Å²) in [6.07, 6.45) is 1.05. The van der Waals surface area contributed by atoms with Gasteiger partial charge in [-0.3, -0.25) is 19.7 Å². The molecule has 0 heterocycles. The Balaban J connectivity index is 2.84. The lowest BCUT2D eigenvalue weighted by molar-refractivity contribution is -0.385. The minimum absolute atomic E-state index is 0.0284. The van der Waals surface area contributed by atoms with E-state index in [0.717, 1.165) is 6.42 Å². The number of nitro groups is 1. The standard InChI is InChI=1S/C14H18N2O5/c1-3-7-15-14(18)9-21-13-6-5-10(12(17)4-2)8-11(13)16(19)20/h5-6,8H,3-4,7,9H2,1-2H3,(H,15,18). The van der Waals surface area contributed by atoms with Crippen LogP contribution >= 0.6 is 0 Å². The number of carbonyl (C=O) groups excluding carboxylic acids is 2. The molecule has 7 nitrogen and oxygen atoms in total. The van der Waals surface area contributed by atoms with Crippen molar-refractivity contribution in [2.45, 2.75) is 26.7 Å². The van der Waals surface area contributed by atoms with Gasteiger partial charge >= 0.3 is 5.69 Å². The van der Waals surface area contributed by atoms with E-state index in [4.69, 9.17) is 4.74 Å². The number of rotatable bonds is 8. The van der Waals surface area contributed by atoms with Gasteiger partial charge in [0.25, 0.3) is 5.91 Å². The molecule has 0 saturated carbocycles. The molecule has 0 fully saturated rings. The van der Waals surface area contributed by atoms with Crippen LogP contribution < -0.4 is 10.1 Å². The number of ketones is 1. The van der Waals surface area contributed by atoms with E-state index in [1.807, 2.05) is 6.92 Å². The Hall–Kier alpha value is -2.44. The van der Waals surface area contributed by atoms with Crippen LogP contribution in [0.1, 0.15) is 37.0 Å². The number of hydrogen-bond acceptors (Lipinski definition) is 5. The summed E-state index contributed by atoms with van der Waals surface area (Å²) >= 11 is 0. The summed E-state index contributed by atoms with van der Waals surface area (Å²) in [5.74, 6) is -0.565. The first kappa shape index (κ1) is 16.6. The van der Waals surface area contributed by atoms with Gasteiger partial charge in [-0.1, -0.05) is 13.8 Å². The molecule has 1 aromatic rings. The number of ether oxygens (including phenoxy) is 1. The molecule has 0 atom stereocenters.